The van der Waals surface area contributed by atoms with Crippen LogP contribution in [0.3, 0.4) is 0 Å². The van der Waals surface area contributed by atoms with Crippen LogP contribution in [-0.2, 0) is 19.1 Å². The van der Waals surface area contributed by atoms with E-state index in [0.29, 0.717) is 4.90 Å². The summed E-state index contributed by atoms with van der Waals surface area (Å²) in [4.78, 5) is 23.5. The fraction of sp³-hybridized carbons (Fsp3) is 0.308. The molecule has 0 amide bonds. The first kappa shape index (κ1) is 15.4. The molecule has 0 aromatic heterocycles. The summed E-state index contributed by atoms with van der Waals surface area (Å²) in [6.45, 7) is 1.89. The van der Waals surface area contributed by atoms with Crippen molar-refractivity contribution in [3.63, 3.8) is 0 Å². The number of carbonyl (C=O) groups excluding carboxylic acids is 2. The van der Waals surface area contributed by atoms with Gasteiger partial charge in [0.05, 0.1) is 14.2 Å². The molecule has 104 valence electrons. The Morgan fingerprint density at radius 2 is 1.58 bits per heavy atom. The van der Waals surface area contributed by atoms with Crippen molar-refractivity contribution < 1.29 is 23.5 Å². The van der Waals surface area contributed by atoms with Crippen molar-refractivity contribution in [1.82, 2.24) is 0 Å². The lowest BCUT2D eigenvalue weighted by atomic mass is 10.2. The highest BCUT2D eigenvalue weighted by Crippen LogP contribution is 2.29. The number of esters is 2. The van der Waals surface area contributed by atoms with Gasteiger partial charge >= 0.3 is 11.9 Å². The van der Waals surface area contributed by atoms with Crippen LogP contribution in [-0.4, -0.2) is 37.0 Å². The first-order chi connectivity index (χ1) is 9.04. The Bertz CT molecular complexity index is 490. The molecule has 0 spiro atoms. The highest BCUT2D eigenvalue weighted by Gasteiger charge is 2.25. The largest absolute Gasteiger partial charge is 0.465 e. The summed E-state index contributed by atoms with van der Waals surface area (Å²) < 4.78 is 22.3. The molecule has 19 heavy (non-hydrogen) atoms. The summed E-state index contributed by atoms with van der Waals surface area (Å²) in [5.74, 6) is -1.73. The monoisotopic (exact) mass is 286 g/mol. The van der Waals surface area contributed by atoms with E-state index in [9.17, 15) is 14.0 Å². The maximum absolute atomic E-state index is 13.3. The molecule has 0 aliphatic rings. The third kappa shape index (κ3) is 3.64. The van der Waals surface area contributed by atoms with Crippen molar-refractivity contribution in [3.05, 3.63) is 29.8 Å². The molecule has 0 saturated carbocycles. The van der Waals surface area contributed by atoms with Gasteiger partial charge in [-0.05, 0) is 19.1 Å². The molecule has 1 aromatic rings. The van der Waals surface area contributed by atoms with Crippen molar-refractivity contribution in [2.45, 2.75) is 11.8 Å². The zero-order valence-corrected chi connectivity index (χ0v) is 11.8. The molecule has 1 unspecified atom stereocenters. The number of hydrogen-bond donors (Lipinski definition) is 0. The van der Waals surface area contributed by atoms with E-state index in [0.717, 1.165) is 19.8 Å². The van der Waals surface area contributed by atoms with Crippen molar-refractivity contribution >= 4 is 27.3 Å². The minimum atomic E-state index is -1.30. The SMILES string of the molecule is COC(=O)C(C(=O)OC)=S(CF)c1ccc(C)cc1. The third-order valence-electron chi connectivity index (χ3n) is 2.40. The normalized spacial score (nSPS) is 11.6. The number of benzene rings is 1. The van der Waals surface area contributed by atoms with Gasteiger partial charge < -0.3 is 9.47 Å². The number of ether oxygens (including phenoxy) is 2. The average Bonchev–Trinajstić information content (AvgIpc) is 2.44. The van der Waals surface area contributed by atoms with E-state index in [1.165, 1.54) is 0 Å². The van der Waals surface area contributed by atoms with E-state index in [2.05, 4.69) is 9.47 Å². The van der Waals surface area contributed by atoms with Crippen LogP contribution in [0.1, 0.15) is 5.56 Å². The molecule has 6 heteroatoms. The van der Waals surface area contributed by atoms with Gasteiger partial charge in [0, 0.05) is 4.90 Å². The Morgan fingerprint density at radius 1 is 1.11 bits per heavy atom. The second-order valence-corrected chi connectivity index (χ2v) is 5.50. The molecule has 0 radical (unpaired) electrons. The molecule has 1 aromatic carbocycles. The first-order valence-corrected chi connectivity index (χ1v) is 6.81. The predicted molar refractivity (Wildman–Crippen MR) is 72.1 cm³/mol. The van der Waals surface area contributed by atoms with Crippen LogP contribution < -0.4 is 0 Å². The Labute approximate surface area is 113 Å². The van der Waals surface area contributed by atoms with Gasteiger partial charge in [-0.2, -0.15) is 0 Å². The number of methoxy groups -OCH3 is 2. The Balaban J connectivity index is 3.41. The summed E-state index contributed by atoms with van der Waals surface area (Å²) >= 11 is 0. The number of alkyl halides is 1. The first-order valence-electron chi connectivity index (χ1n) is 5.42. The van der Waals surface area contributed by atoms with E-state index >= 15 is 0 Å². The molecule has 0 bridgehead atoms. The number of carbonyl (C=O) groups is 2. The zero-order chi connectivity index (χ0) is 14.4. The van der Waals surface area contributed by atoms with Crippen LogP contribution in [0.25, 0.3) is 0 Å². The van der Waals surface area contributed by atoms with E-state index in [1.54, 1.807) is 24.3 Å². The van der Waals surface area contributed by atoms with E-state index < -0.39 is 28.4 Å². The lowest BCUT2D eigenvalue weighted by molar-refractivity contribution is -0.137. The lowest BCUT2D eigenvalue weighted by Crippen LogP contribution is -2.27. The van der Waals surface area contributed by atoms with Crippen LogP contribution in [0.2, 0.25) is 0 Å². The minimum absolute atomic E-state index is 0.309. The van der Waals surface area contributed by atoms with Crippen LogP contribution in [0.4, 0.5) is 4.39 Å². The maximum atomic E-state index is 13.3. The number of rotatable bonds is 4. The molecule has 0 fully saturated rings. The third-order valence-corrected chi connectivity index (χ3v) is 4.29. The van der Waals surface area contributed by atoms with Crippen LogP contribution in [0.15, 0.2) is 29.2 Å². The fourth-order valence-electron chi connectivity index (χ4n) is 1.41. The Hall–Kier alpha value is -1.69. The van der Waals surface area contributed by atoms with Crippen LogP contribution in [0, 0.1) is 6.92 Å². The quantitative estimate of drug-likeness (QED) is 0.483. The molecule has 0 N–H and O–H groups in total. The second-order valence-electron chi connectivity index (χ2n) is 3.63. The molecule has 1 atom stereocenters. The van der Waals surface area contributed by atoms with Crippen molar-refractivity contribution in [2.75, 3.05) is 20.2 Å². The van der Waals surface area contributed by atoms with E-state index in [4.69, 9.17) is 0 Å². The van der Waals surface area contributed by atoms with Gasteiger partial charge in [0.25, 0.3) is 0 Å². The van der Waals surface area contributed by atoms with Crippen LogP contribution >= 0.6 is 10.5 Å². The summed E-state index contributed by atoms with van der Waals surface area (Å²) in [6.07, 6.45) is 0. The maximum Gasteiger partial charge on any atom is 0.351 e. The second kappa shape index (κ2) is 7.04. The summed E-state index contributed by atoms with van der Waals surface area (Å²) in [5, 5.41) is 0. The summed E-state index contributed by atoms with van der Waals surface area (Å²) in [6, 6.07) is 6.09. The van der Waals surface area contributed by atoms with Crippen LogP contribution in [0.5, 0.6) is 0 Å². The topological polar surface area (TPSA) is 52.6 Å². The van der Waals surface area contributed by atoms with Crippen molar-refractivity contribution in [2.24, 2.45) is 0 Å². The number of aryl methyl sites for hydroxylation is 1. The van der Waals surface area contributed by atoms with E-state index in [1.807, 2.05) is 6.92 Å². The smallest absolute Gasteiger partial charge is 0.351 e. The minimum Gasteiger partial charge on any atom is -0.465 e. The Morgan fingerprint density at radius 3 is 1.95 bits per heavy atom. The number of halogens is 1. The summed E-state index contributed by atoms with van der Waals surface area (Å²) in [7, 11) is 0.978. The molecule has 0 saturated heterocycles. The molecule has 0 heterocycles. The van der Waals surface area contributed by atoms with Gasteiger partial charge in [0.15, 0.2) is 4.86 Å². The van der Waals surface area contributed by atoms with Gasteiger partial charge in [0.1, 0.15) is 6.01 Å². The average molecular weight is 286 g/mol. The molecular weight excluding hydrogens is 271 g/mol. The lowest BCUT2D eigenvalue weighted by Gasteiger charge is -2.11. The summed E-state index contributed by atoms with van der Waals surface area (Å²) in [5.41, 5.74) is 1.00. The molecular formula is C13H15FO4S. The van der Waals surface area contributed by atoms with E-state index in [-0.39, 0.29) is 4.86 Å². The van der Waals surface area contributed by atoms with Gasteiger partial charge in [-0.1, -0.05) is 17.7 Å². The highest BCUT2D eigenvalue weighted by atomic mass is 32.2. The van der Waals surface area contributed by atoms with Crippen molar-refractivity contribution in [1.29, 1.82) is 0 Å². The van der Waals surface area contributed by atoms with Gasteiger partial charge in [-0.15, -0.1) is 10.5 Å². The van der Waals surface area contributed by atoms with Gasteiger partial charge in [0.2, 0.25) is 0 Å². The standard InChI is InChI=1S/C13H15FO4S/c1-9-4-6-10(7-5-9)19(8-14)11(12(15)17-2)13(16)18-3/h4-7H,8H2,1-3H3. The molecule has 0 aliphatic carbocycles. The van der Waals surface area contributed by atoms with Crippen molar-refractivity contribution in [3.8, 4) is 0 Å². The van der Waals surface area contributed by atoms with Gasteiger partial charge in [-0.3, -0.25) is 0 Å². The Kier molecular flexibility index (Phi) is 5.69. The molecule has 4 nitrogen and oxygen atoms in total. The van der Waals surface area contributed by atoms with Gasteiger partial charge in [-0.25, -0.2) is 14.0 Å². The molecule has 1 rings (SSSR count). The predicted octanol–water partition coefficient (Wildman–Crippen LogP) is 2.07. The zero-order valence-electron chi connectivity index (χ0n) is 10.9. The number of hydrogen-bond acceptors (Lipinski definition) is 4. The fourth-order valence-corrected chi connectivity index (χ4v) is 2.91. The highest BCUT2D eigenvalue weighted by molar-refractivity contribution is 8.17. The molecule has 0 aliphatic heterocycles.